The van der Waals surface area contributed by atoms with Crippen LogP contribution in [0.1, 0.15) is 0 Å². The maximum Gasteiger partial charge on any atom is 0.348 e. The molecule has 3 aromatic rings. The summed E-state index contributed by atoms with van der Waals surface area (Å²) >= 11 is 1.78. The normalized spacial score (nSPS) is 12.4. The van der Waals surface area contributed by atoms with Crippen molar-refractivity contribution >= 4 is 45.6 Å². The average Bonchev–Trinajstić information content (AvgIpc) is 2.72. The van der Waals surface area contributed by atoms with Gasteiger partial charge in [-0.15, -0.1) is 0 Å². The van der Waals surface area contributed by atoms with Crippen LogP contribution >= 0.6 is 15.9 Å². The summed E-state index contributed by atoms with van der Waals surface area (Å²) < 4.78 is 18.3. The molecule has 0 saturated carbocycles. The number of aromatic nitrogens is 2. The number of halogens is 1. The monoisotopic (exact) mass is 444 g/mol. The predicted molar refractivity (Wildman–Crippen MR) is 106 cm³/mol. The molecule has 0 fully saturated rings. The number of oxime groups is 1. The Balaban J connectivity index is 1.51. The zero-order valence-electron chi connectivity index (χ0n) is 13.8. The van der Waals surface area contributed by atoms with E-state index in [0.717, 1.165) is 4.47 Å². The number of nitrogens with zero attached hydrogens (tertiary/aromatic N) is 4. The van der Waals surface area contributed by atoms with Crippen molar-refractivity contribution in [2.24, 2.45) is 10.1 Å². The molecule has 0 spiro atoms. The molecule has 0 bridgehead atoms. The number of para-hydroxylation sites is 1. The minimum atomic E-state index is -1.46. The highest BCUT2D eigenvalue weighted by Gasteiger charge is 2.17. The topological polar surface area (TPSA) is 92.0 Å². The lowest BCUT2D eigenvalue weighted by atomic mass is 10.3. The highest BCUT2D eigenvalue weighted by Crippen LogP contribution is 2.21. The fourth-order valence-electron chi connectivity index (χ4n) is 1.88. The number of rotatable bonds is 7. The van der Waals surface area contributed by atoms with Crippen molar-refractivity contribution in [3.8, 4) is 5.75 Å². The molecule has 2 aromatic carbocycles. The van der Waals surface area contributed by atoms with Gasteiger partial charge in [0.2, 0.25) is 12.8 Å². The number of hydrogen-bond donors (Lipinski definition) is 0. The standard InChI is InChI=1S/C18H13BrN4O3S/c19-14-10-20-18(21-11-14)27(24)17-8-6-15(7-9-17)22-12-26-23-13-25-16-4-2-1-3-5-16/h1-13H/b22-12+,23-13+. The van der Waals surface area contributed by atoms with E-state index in [9.17, 15) is 4.55 Å². The predicted octanol–water partition coefficient (Wildman–Crippen LogP) is 4.10. The highest BCUT2D eigenvalue weighted by molar-refractivity contribution is 9.10. The van der Waals surface area contributed by atoms with Crippen LogP contribution in [-0.4, -0.2) is 27.3 Å². The second-order valence-corrected chi connectivity index (χ2v) is 7.22. The molecule has 1 atom stereocenters. The van der Waals surface area contributed by atoms with E-state index in [1.165, 1.54) is 12.8 Å². The average molecular weight is 445 g/mol. The highest BCUT2D eigenvalue weighted by atomic mass is 79.9. The van der Waals surface area contributed by atoms with Crippen LogP contribution in [0, 0.1) is 0 Å². The maximum absolute atomic E-state index is 12.4. The van der Waals surface area contributed by atoms with Gasteiger partial charge in [-0.3, -0.25) is 0 Å². The zero-order chi connectivity index (χ0) is 18.9. The van der Waals surface area contributed by atoms with Gasteiger partial charge in [0.05, 0.1) is 21.3 Å². The van der Waals surface area contributed by atoms with E-state index in [0.29, 0.717) is 16.3 Å². The van der Waals surface area contributed by atoms with Crippen molar-refractivity contribution in [1.29, 1.82) is 0 Å². The Morgan fingerprint density at radius 2 is 1.67 bits per heavy atom. The molecule has 136 valence electrons. The Morgan fingerprint density at radius 3 is 2.37 bits per heavy atom. The molecule has 9 heteroatoms. The van der Waals surface area contributed by atoms with E-state index in [-0.39, 0.29) is 5.16 Å². The number of hydrogen-bond acceptors (Lipinski definition) is 7. The third-order valence-electron chi connectivity index (χ3n) is 3.10. The van der Waals surface area contributed by atoms with E-state index >= 15 is 0 Å². The van der Waals surface area contributed by atoms with Crippen molar-refractivity contribution < 1.29 is 14.1 Å². The SMILES string of the molecule is [O-][S+](c1ccc(/N=C/O/N=C/Oc2ccccc2)cc1)c1ncc(Br)cn1. The summed E-state index contributed by atoms with van der Waals surface area (Å²) in [6.45, 7) is 0. The van der Waals surface area contributed by atoms with Gasteiger partial charge in [-0.2, -0.15) is 9.97 Å². The lowest BCUT2D eigenvalue weighted by Gasteiger charge is -2.07. The first kappa shape index (κ1) is 19.0. The van der Waals surface area contributed by atoms with Crippen LogP contribution in [0.2, 0.25) is 0 Å². The zero-order valence-corrected chi connectivity index (χ0v) is 16.2. The van der Waals surface area contributed by atoms with E-state index in [2.05, 4.69) is 36.0 Å². The number of ether oxygens (including phenoxy) is 1. The van der Waals surface area contributed by atoms with Crippen molar-refractivity contribution in [3.05, 3.63) is 71.5 Å². The smallest absolute Gasteiger partial charge is 0.348 e. The van der Waals surface area contributed by atoms with Gasteiger partial charge in [-0.05, 0) is 57.5 Å². The molecule has 0 saturated heterocycles. The summed E-state index contributed by atoms with van der Waals surface area (Å²) in [5.41, 5.74) is 0.617. The molecular weight excluding hydrogens is 432 g/mol. The largest absolute Gasteiger partial charge is 0.604 e. The summed E-state index contributed by atoms with van der Waals surface area (Å²) in [7, 11) is 0. The van der Waals surface area contributed by atoms with Crippen LogP contribution in [0.3, 0.4) is 0 Å². The van der Waals surface area contributed by atoms with Gasteiger partial charge >= 0.3 is 5.16 Å². The van der Waals surface area contributed by atoms with Gasteiger partial charge in [-0.25, -0.2) is 4.99 Å². The van der Waals surface area contributed by atoms with Crippen molar-refractivity contribution in [3.63, 3.8) is 0 Å². The third kappa shape index (κ3) is 5.88. The third-order valence-corrected chi connectivity index (χ3v) is 4.75. The first-order valence-corrected chi connectivity index (χ1v) is 9.58. The summed E-state index contributed by atoms with van der Waals surface area (Å²) in [5, 5.41) is 3.85. The first-order valence-electron chi connectivity index (χ1n) is 7.64. The van der Waals surface area contributed by atoms with Gasteiger partial charge in [0, 0.05) is 12.4 Å². The molecule has 0 N–H and O–H groups in total. The van der Waals surface area contributed by atoms with Gasteiger partial charge in [0.15, 0.2) is 4.90 Å². The van der Waals surface area contributed by atoms with Crippen LogP contribution in [0.5, 0.6) is 5.75 Å². The second-order valence-electron chi connectivity index (χ2n) is 4.93. The molecule has 0 aliphatic rings. The number of benzene rings is 2. The Hall–Kier alpha value is -2.75. The molecular formula is C18H13BrN4O3S. The van der Waals surface area contributed by atoms with Crippen molar-refractivity contribution in [2.45, 2.75) is 10.1 Å². The van der Waals surface area contributed by atoms with Crippen LogP contribution in [0.25, 0.3) is 0 Å². The lowest BCUT2D eigenvalue weighted by Crippen LogP contribution is -2.06. The molecule has 0 aliphatic carbocycles. The van der Waals surface area contributed by atoms with E-state index in [1.807, 2.05) is 18.2 Å². The lowest BCUT2D eigenvalue weighted by molar-refractivity contribution is 0.335. The van der Waals surface area contributed by atoms with Crippen molar-refractivity contribution in [2.75, 3.05) is 0 Å². The Bertz CT molecular complexity index is 906. The molecule has 7 nitrogen and oxygen atoms in total. The first-order chi connectivity index (χ1) is 13.2. The Labute approximate surface area is 167 Å². The van der Waals surface area contributed by atoms with E-state index < -0.39 is 11.2 Å². The van der Waals surface area contributed by atoms with Crippen LogP contribution in [0.4, 0.5) is 5.69 Å². The molecule has 0 radical (unpaired) electrons. The summed E-state index contributed by atoms with van der Waals surface area (Å²) in [4.78, 5) is 17.6. The summed E-state index contributed by atoms with van der Waals surface area (Å²) in [6, 6.07) is 16.0. The van der Waals surface area contributed by atoms with Gasteiger partial charge in [-0.1, -0.05) is 18.2 Å². The van der Waals surface area contributed by atoms with Gasteiger partial charge < -0.3 is 14.1 Å². The quantitative estimate of drug-likeness (QED) is 0.180. The Kier molecular flexibility index (Phi) is 6.91. The second kappa shape index (κ2) is 9.81. The Morgan fingerprint density at radius 1 is 0.963 bits per heavy atom. The fraction of sp³-hybridized carbons (Fsp3) is 0. The van der Waals surface area contributed by atoms with Crippen LogP contribution in [-0.2, 0) is 16.0 Å². The summed E-state index contributed by atoms with van der Waals surface area (Å²) in [5.74, 6) is 0.653. The fourth-order valence-corrected chi connectivity index (χ4v) is 2.97. The molecule has 1 heterocycles. The van der Waals surface area contributed by atoms with Gasteiger partial charge in [0.25, 0.3) is 0 Å². The maximum atomic E-state index is 12.4. The van der Waals surface area contributed by atoms with Crippen LogP contribution < -0.4 is 4.74 Å². The van der Waals surface area contributed by atoms with Crippen molar-refractivity contribution in [1.82, 2.24) is 9.97 Å². The number of aliphatic imine (C=N–C) groups is 1. The van der Waals surface area contributed by atoms with Crippen LogP contribution in [0.15, 0.2) is 91.7 Å². The molecule has 1 aromatic heterocycles. The minimum Gasteiger partial charge on any atom is -0.604 e. The van der Waals surface area contributed by atoms with E-state index in [1.54, 1.807) is 48.8 Å². The summed E-state index contributed by atoms with van der Waals surface area (Å²) in [6.07, 6.45) is 5.46. The molecule has 27 heavy (non-hydrogen) atoms. The molecule has 0 amide bonds. The molecule has 3 rings (SSSR count). The molecule has 0 aliphatic heterocycles. The van der Waals surface area contributed by atoms with E-state index in [4.69, 9.17) is 9.57 Å². The van der Waals surface area contributed by atoms with Gasteiger partial charge in [0.1, 0.15) is 5.75 Å². The minimum absolute atomic E-state index is 0.241. The molecule has 1 unspecified atom stereocenters.